The van der Waals surface area contributed by atoms with E-state index >= 15 is 0 Å². The van der Waals surface area contributed by atoms with Crippen molar-refractivity contribution < 1.29 is 14.1 Å². The number of carbonyl (C=O) groups is 1. The lowest BCUT2D eigenvalue weighted by Crippen LogP contribution is -2.13. The number of ether oxygens (including phenoxy) is 1. The Morgan fingerprint density at radius 3 is 3.04 bits per heavy atom. The molecule has 2 aromatic heterocycles. The Morgan fingerprint density at radius 2 is 2.29 bits per heavy atom. The van der Waals surface area contributed by atoms with Crippen LogP contribution in [0.5, 0.6) is 5.75 Å². The average molecular weight is 364 g/mol. The molecule has 3 rings (SSSR count). The van der Waals surface area contributed by atoms with Crippen molar-refractivity contribution >= 4 is 34.5 Å². The molecule has 0 spiro atoms. The number of halogens is 1. The summed E-state index contributed by atoms with van der Waals surface area (Å²) in [6.45, 7) is 0. The molecule has 0 aliphatic rings. The lowest BCUT2D eigenvalue weighted by atomic mass is 10.2. The Morgan fingerprint density at radius 1 is 1.42 bits per heavy atom. The number of nitrogens with one attached hydrogen (secondary N) is 1. The van der Waals surface area contributed by atoms with Crippen molar-refractivity contribution in [3.8, 4) is 17.1 Å². The number of aromatic nitrogens is 2. The summed E-state index contributed by atoms with van der Waals surface area (Å²) in [5.74, 6) is 1.31. The van der Waals surface area contributed by atoms with Gasteiger partial charge in [-0.1, -0.05) is 16.8 Å². The number of hydrogen-bond donors (Lipinski definition) is 1. The van der Waals surface area contributed by atoms with Gasteiger partial charge in [0.1, 0.15) is 5.75 Å². The van der Waals surface area contributed by atoms with E-state index in [4.69, 9.17) is 20.9 Å². The summed E-state index contributed by atoms with van der Waals surface area (Å²) in [6.07, 6.45) is 0.562. The van der Waals surface area contributed by atoms with Crippen molar-refractivity contribution in [2.24, 2.45) is 0 Å². The van der Waals surface area contributed by atoms with Crippen molar-refractivity contribution in [2.45, 2.75) is 12.8 Å². The second kappa shape index (κ2) is 7.46. The van der Waals surface area contributed by atoms with Gasteiger partial charge in [0.15, 0.2) is 0 Å². The summed E-state index contributed by atoms with van der Waals surface area (Å²) in [7, 11) is 1.53. The highest BCUT2D eigenvalue weighted by atomic mass is 35.5. The molecule has 124 valence electrons. The first-order chi connectivity index (χ1) is 11.7. The first-order valence-corrected chi connectivity index (χ1v) is 8.46. The van der Waals surface area contributed by atoms with E-state index in [2.05, 4.69) is 15.5 Å². The van der Waals surface area contributed by atoms with Crippen LogP contribution >= 0.6 is 22.9 Å². The van der Waals surface area contributed by atoms with Gasteiger partial charge in [0, 0.05) is 28.8 Å². The third-order valence-corrected chi connectivity index (χ3v) is 4.17. The van der Waals surface area contributed by atoms with Gasteiger partial charge < -0.3 is 14.6 Å². The molecule has 3 aromatic rings. The number of nitrogens with zero attached hydrogens (tertiary/aromatic N) is 2. The van der Waals surface area contributed by atoms with Gasteiger partial charge in [0.25, 0.3) is 0 Å². The van der Waals surface area contributed by atoms with Crippen molar-refractivity contribution in [1.29, 1.82) is 0 Å². The number of hydrogen-bond acceptors (Lipinski definition) is 6. The first kappa shape index (κ1) is 16.5. The van der Waals surface area contributed by atoms with Crippen LogP contribution in [0.25, 0.3) is 11.4 Å². The van der Waals surface area contributed by atoms with Crippen LogP contribution in [0.4, 0.5) is 5.69 Å². The number of anilines is 1. The van der Waals surface area contributed by atoms with Crippen LogP contribution in [0.1, 0.15) is 12.3 Å². The zero-order valence-corrected chi connectivity index (χ0v) is 14.4. The molecule has 8 heteroatoms. The van der Waals surface area contributed by atoms with Crippen molar-refractivity contribution in [3.05, 3.63) is 45.9 Å². The smallest absolute Gasteiger partial charge is 0.227 e. The molecular weight excluding hydrogens is 350 g/mol. The summed E-state index contributed by atoms with van der Waals surface area (Å²) >= 11 is 7.50. The van der Waals surface area contributed by atoms with E-state index in [0.717, 1.165) is 5.56 Å². The maximum atomic E-state index is 12.1. The predicted octanol–water partition coefficient (Wildman–Crippen LogP) is 4.03. The lowest BCUT2D eigenvalue weighted by molar-refractivity contribution is -0.116. The minimum Gasteiger partial charge on any atom is -0.495 e. The van der Waals surface area contributed by atoms with Crippen LogP contribution < -0.4 is 10.1 Å². The maximum absolute atomic E-state index is 12.1. The molecule has 0 saturated carbocycles. The van der Waals surface area contributed by atoms with Crippen LogP contribution in [0.15, 0.2) is 39.5 Å². The van der Waals surface area contributed by atoms with Crippen molar-refractivity contribution in [1.82, 2.24) is 10.1 Å². The van der Waals surface area contributed by atoms with Crippen LogP contribution in [0.3, 0.4) is 0 Å². The molecule has 1 aromatic carbocycles. The van der Waals surface area contributed by atoms with E-state index in [1.807, 2.05) is 16.8 Å². The van der Waals surface area contributed by atoms with Crippen LogP contribution in [0, 0.1) is 0 Å². The fourth-order valence-corrected chi connectivity index (χ4v) is 2.88. The third kappa shape index (κ3) is 3.93. The Kier molecular flexibility index (Phi) is 5.12. The Bertz CT molecular complexity index is 833. The van der Waals surface area contributed by atoms with Gasteiger partial charge in [-0.05, 0) is 29.6 Å². The van der Waals surface area contributed by atoms with Crippen LogP contribution in [-0.2, 0) is 11.2 Å². The molecule has 0 aliphatic heterocycles. The van der Waals surface area contributed by atoms with E-state index in [9.17, 15) is 4.79 Å². The van der Waals surface area contributed by atoms with Gasteiger partial charge in [-0.15, -0.1) is 0 Å². The summed E-state index contributed by atoms with van der Waals surface area (Å²) in [5, 5.41) is 11.1. The molecule has 0 aliphatic carbocycles. The molecule has 0 radical (unpaired) electrons. The topological polar surface area (TPSA) is 77.2 Å². The number of benzene rings is 1. The zero-order valence-electron chi connectivity index (χ0n) is 12.8. The molecular formula is C16H14ClN3O3S. The number of amides is 1. The van der Waals surface area contributed by atoms with E-state index in [-0.39, 0.29) is 12.3 Å². The van der Waals surface area contributed by atoms with Crippen molar-refractivity contribution in [2.75, 3.05) is 12.4 Å². The van der Waals surface area contributed by atoms with Gasteiger partial charge in [0.2, 0.25) is 17.6 Å². The highest BCUT2D eigenvalue weighted by Crippen LogP contribution is 2.27. The van der Waals surface area contributed by atoms with Gasteiger partial charge >= 0.3 is 0 Å². The highest BCUT2D eigenvalue weighted by Gasteiger charge is 2.12. The molecule has 6 nitrogen and oxygen atoms in total. The van der Waals surface area contributed by atoms with E-state index in [1.54, 1.807) is 29.5 Å². The second-order valence-corrected chi connectivity index (χ2v) is 6.13. The predicted molar refractivity (Wildman–Crippen MR) is 92.6 cm³/mol. The SMILES string of the molecule is COc1ccc(Cl)cc1NC(=O)CCc1nc(-c2ccsc2)no1. The number of thiophene rings is 1. The standard InChI is InChI=1S/C16H14ClN3O3S/c1-22-13-3-2-11(17)8-12(13)18-14(21)4-5-15-19-16(20-23-15)10-6-7-24-9-10/h2-3,6-9H,4-5H2,1H3,(H,18,21). The average Bonchev–Trinajstić information content (AvgIpc) is 3.24. The quantitative estimate of drug-likeness (QED) is 0.715. The van der Waals surface area contributed by atoms with Crippen LogP contribution in [-0.4, -0.2) is 23.2 Å². The summed E-state index contributed by atoms with van der Waals surface area (Å²) in [5.41, 5.74) is 1.43. The maximum Gasteiger partial charge on any atom is 0.227 e. The van der Waals surface area contributed by atoms with Gasteiger partial charge in [-0.3, -0.25) is 4.79 Å². The summed E-state index contributed by atoms with van der Waals surface area (Å²) in [4.78, 5) is 16.4. The van der Waals surface area contributed by atoms with Gasteiger partial charge in [-0.25, -0.2) is 0 Å². The third-order valence-electron chi connectivity index (χ3n) is 3.25. The lowest BCUT2D eigenvalue weighted by Gasteiger charge is -2.10. The van der Waals surface area contributed by atoms with Crippen LogP contribution in [0.2, 0.25) is 5.02 Å². The number of rotatable bonds is 6. The minimum atomic E-state index is -0.189. The summed E-state index contributed by atoms with van der Waals surface area (Å²) in [6, 6.07) is 6.95. The second-order valence-electron chi connectivity index (χ2n) is 4.92. The monoisotopic (exact) mass is 363 g/mol. The molecule has 1 amide bonds. The molecule has 0 fully saturated rings. The summed E-state index contributed by atoms with van der Waals surface area (Å²) < 4.78 is 10.4. The molecule has 24 heavy (non-hydrogen) atoms. The number of aryl methyl sites for hydroxylation is 1. The molecule has 0 saturated heterocycles. The molecule has 0 bridgehead atoms. The van der Waals surface area contributed by atoms with Crippen molar-refractivity contribution in [3.63, 3.8) is 0 Å². The molecule has 2 heterocycles. The molecule has 1 N–H and O–H groups in total. The molecule has 0 atom stereocenters. The normalized spacial score (nSPS) is 10.6. The Labute approximate surface area is 147 Å². The fourth-order valence-electron chi connectivity index (χ4n) is 2.08. The van der Waals surface area contributed by atoms with Gasteiger partial charge in [-0.2, -0.15) is 16.3 Å². The fraction of sp³-hybridized carbons (Fsp3) is 0.188. The van der Waals surface area contributed by atoms with E-state index in [0.29, 0.717) is 34.6 Å². The van der Waals surface area contributed by atoms with E-state index < -0.39 is 0 Å². The first-order valence-electron chi connectivity index (χ1n) is 7.14. The number of methoxy groups -OCH3 is 1. The Balaban J connectivity index is 1.59. The Hall–Kier alpha value is -2.38. The zero-order chi connectivity index (χ0) is 16.9. The highest BCUT2D eigenvalue weighted by molar-refractivity contribution is 7.08. The molecule has 0 unspecified atom stereocenters. The minimum absolute atomic E-state index is 0.189. The number of carbonyl (C=O) groups excluding carboxylic acids is 1. The largest absolute Gasteiger partial charge is 0.495 e. The van der Waals surface area contributed by atoms with E-state index in [1.165, 1.54) is 7.11 Å². The van der Waals surface area contributed by atoms with Gasteiger partial charge in [0.05, 0.1) is 12.8 Å².